The third-order valence-corrected chi connectivity index (χ3v) is 4.01. The molecule has 8 heteroatoms. The van der Waals surface area contributed by atoms with Crippen molar-refractivity contribution in [2.45, 2.75) is 4.90 Å². The van der Waals surface area contributed by atoms with Crippen LogP contribution >= 0.6 is 0 Å². The first kappa shape index (κ1) is 16.7. The molecular weight excluding hydrogens is 282 g/mol. The number of sulfonamides is 1. The van der Waals surface area contributed by atoms with Gasteiger partial charge in [0, 0.05) is 13.7 Å². The van der Waals surface area contributed by atoms with E-state index in [0.29, 0.717) is 37.7 Å². The summed E-state index contributed by atoms with van der Waals surface area (Å²) in [6.45, 7) is 2.18. The Morgan fingerprint density at radius 3 is 2.60 bits per heavy atom. The van der Waals surface area contributed by atoms with E-state index in [1.165, 1.54) is 19.2 Å². The zero-order chi connectivity index (χ0) is 15.0. The standard InChI is InChI=1S/C12H21N3O4S/c1-14-20(16,17)10-3-4-12(11(13)9-10)15-5-6-19-8-7-18-2/h3-4,9,14-15H,5-8,13H2,1-2H3. The van der Waals surface area contributed by atoms with Crippen molar-refractivity contribution in [2.75, 3.05) is 51.6 Å². The maximum Gasteiger partial charge on any atom is 0.240 e. The summed E-state index contributed by atoms with van der Waals surface area (Å²) in [5.41, 5.74) is 6.87. The van der Waals surface area contributed by atoms with Gasteiger partial charge < -0.3 is 20.5 Å². The molecule has 0 aliphatic heterocycles. The van der Waals surface area contributed by atoms with Gasteiger partial charge >= 0.3 is 0 Å². The van der Waals surface area contributed by atoms with E-state index in [1.54, 1.807) is 13.2 Å². The SMILES string of the molecule is CNS(=O)(=O)c1ccc(NCCOCCOC)c(N)c1. The van der Waals surface area contributed by atoms with Crippen LogP contribution in [0.3, 0.4) is 0 Å². The van der Waals surface area contributed by atoms with Crippen LogP contribution in [0, 0.1) is 0 Å². The summed E-state index contributed by atoms with van der Waals surface area (Å²) in [6.07, 6.45) is 0. The second-order valence-corrected chi connectivity index (χ2v) is 5.88. The van der Waals surface area contributed by atoms with E-state index >= 15 is 0 Å². The van der Waals surface area contributed by atoms with Crippen molar-refractivity contribution in [3.05, 3.63) is 18.2 Å². The molecule has 1 aromatic rings. The fourth-order valence-corrected chi connectivity index (χ4v) is 2.25. The van der Waals surface area contributed by atoms with Gasteiger partial charge in [-0.25, -0.2) is 13.1 Å². The van der Waals surface area contributed by atoms with Gasteiger partial charge in [0.1, 0.15) is 0 Å². The van der Waals surface area contributed by atoms with Gasteiger partial charge in [-0.05, 0) is 25.2 Å². The van der Waals surface area contributed by atoms with Gasteiger partial charge in [-0.15, -0.1) is 0 Å². The summed E-state index contributed by atoms with van der Waals surface area (Å²) in [5.74, 6) is 0. The topological polar surface area (TPSA) is 103 Å². The van der Waals surface area contributed by atoms with Crippen molar-refractivity contribution < 1.29 is 17.9 Å². The molecule has 1 rings (SSSR count). The van der Waals surface area contributed by atoms with E-state index in [4.69, 9.17) is 15.2 Å². The molecule has 7 nitrogen and oxygen atoms in total. The molecule has 114 valence electrons. The molecule has 0 spiro atoms. The number of nitrogen functional groups attached to an aromatic ring is 1. The summed E-state index contributed by atoms with van der Waals surface area (Å²) in [5, 5.41) is 3.08. The number of nitrogens with one attached hydrogen (secondary N) is 2. The van der Waals surface area contributed by atoms with Crippen LogP contribution in [-0.2, 0) is 19.5 Å². The first-order valence-electron chi connectivity index (χ1n) is 6.15. The largest absolute Gasteiger partial charge is 0.397 e. The number of ether oxygens (including phenoxy) is 2. The molecular formula is C12H21N3O4S. The molecule has 0 aromatic heterocycles. The van der Waals surface area contributed by atoms with Crippen LogP contribution in [-0.4, -0.2) is 48.9 Å². The maximum atomic E-state index is 11.6. The van der Waals surface area contributed by atoms with Crippen molar-refractivity contribution in [3.63, 3.8) is 0 Å². The first-order chi connectivity index (χ1) is 9.51. The molecule has 0 aliphatic carbocycles. The van der Waals surface area contributed by atoms with Crippen molar-refractivity contribution in [2.24, 2.45) is 0 Å². The van der Waals surface area contributed by atoms with Crippen LogP contribution in [0.5, 0.6) is 0 Å². The zero-order valence-corrected chi connectivity index (χ0v) is 12.5. The predicted octanol–water partition coefficient (Wildman–Crippen LogP) is 0.252. The molecule has 0 amide bonds. The number of methoxy groups -OCH3 is 1. The zero-order valence-electron chi connectivity index (χ0n) is 11.7. The molecule has 0 aliphatic rings. The monoisotopic (exact) mass is 303 g/mol. The smallest absolute Gasteiger partial charge is 0.240 e. The lowest BCUT2D eigenvalue weighted by Crippen LogP contribution is -2.19. The molecule has 0 bridgehead atoms. The highest BCUT2D eigenvalue weighted by Gasteiger charge is 2.12. The minimum Gasteiger partial charge on any atom is -0.397 e. The molecule has 0 atom stereocenters. The molecule has 0 unspecified atom stereocenters. The Kier molecular flexibility index (Phi) is 6.73. The average Bonchev–Trinajstić information content (AvgIpc) is 2.44. The van der Waals surface area contributed by atoms with Gasteiger partial charge in [-0.2, -0.15) is 0 Å². The summed E-state index contributed by atoms with van der Waals surface area (Å²) >= 11 is 0. The minimum atomic E-state index is -3.47. The molecule has 0 heterocycles. The first-order valence-corrected chi connectivity index (χ1v) is 7.63. The molecule has 4 N–H and O–H groups in total. The number of hydrogen-bond acceptors (Lipinski definition) is 6. The molecule has 0 saturated carbocycles. The second-order valence-electron chi connectivity index (χ2n) is 3.99. The van der Waals surface area contributed by atoms with Crippen LogP contribution in [0.2, 0.25) is 0 Å². The van der Waals surface area contributed by atoms with Crippen molar-refractivity contribution in [1.82, 2.24) is 4.72 Å². The third-order valence-electron chi connectivity index (χ3n) is 2.60. The van der Waals surface area contributed by atoms with Crippen molar-refractivity contribution in [1.29, 1.82) is 0 Å². The predicted molar refractivity (Wildman–Crippen MR) is 78.3 cm³/mol. The Bertz CT molecular complexity index is 519. The summed E-state index contributed by atoms with van der Waals surface area (Å²) in [6, 6.07) is 4.55. The molecule has 20 heavy (non-hydrogen) atoms. The number of benzene rings is 1. The van der Waals surface area contributed by atoms with Gasteiger partial charge in [0.2, 0.25) is 10.0 Å². The maximum absolute atomic E-state index is 11.6. The van der Waals surface area contributed by atoms with Crippen LogP contribution in [0.1, 0.15) is 0 Å². The Labute approximate surface area is 119 Å². The molecule has 0 radical (unpaired) electrons. The van der Waals surface area contributed by atoms with Gasteiger partial charge in [0.15, 0.2) is 0 Å². The quantitative estimate of drug-likeness (QED) is 0.446. The van der Waals surface area contributed by atoms with Crippen LogP contribution in [0.4, 0.5) is 11.4 Å². The van der Waals surface area contributed by atoms with E-state index in [-0.39, 0.29) is 4.90 Å². The van der Waals surface area contributed by atoms with Crippen LogP contribution < -0.4 is 15.8 Å². The van der Waals surface area contributed by atoms with Gasteiger partial charge in [0.05, 0.1) is 36.1 Å². The van der Waals surface area contributed by atoms with Crippen molar-refractivity contribution in [3.8, 4) is 0 Å². The highest BCUT2D eigenvalue weighted by atomic mass is 32.2. The highest BCUT2D eigenvalue weighted by Crippen LogP contribution is 2.22. The lowest BCUT2D eigenvalue weighted by atomic mass is 10.2. The lowest BCUT2D eigenvalue weighted by molar-refractivity contribution is 0.0759. The number of nitrogens with two attached hydrogens (primary N) is 1. The number of anilines is 2. The summed E-state index contributed by atoms with van der Waals surface area (Å²) in [7, 11) is -0.499. The molecule has 1 aromatic carbocycles. The Morgan fingerprint density at radius 2 is 2.00 bits per heavy atom. The normalized spacial score (nSPS) is 11.5. The van der Waals surface area contributed by atoms with Crippen LogP contribution in [0.25, 0.3) is 0 Å². The van der Waals surface area contributed by atoms with E-state index < -0.39 is 10.0 Å². The average molecular weight is 303 g/mol. The van der Waals surface area contributed by atoms with Crippen LogP contribution in [0.15, 0.2) is 23.1 Å². The minimum absolute atomic E-state index is 0.138. The highest BCUT2D eigenvalue weighted by molar-refractivity contribution is 7.89. The van der Waals surface area contributed by atoms with Crippen molar-refractivity contribution >= 4 is 21.4 Å². The molecule has 0 saturated heterocycles. The Balaban J connectivity index is 2.53. The third kappa shape index (κ3) is 4.97. The number of hydrogen-bond donors (Lipinski definition) is 3. The summed E-state index contributed by atoms with van der Waals surface area (Å²) in [4.78, 5) is 0.138. The fourth-order valence-electron chi connectivity index (χ4n) is 1.49. The lowest BCUT2D eigenvalue weighted by Gasteiger charge is -2.11. The van der Waals surface area contributed by atoms with E-state index in [1.807, 2.05) is 0 Å². The van der Waals surface area contributed by atoms with E-state index in [2.05, 4.69) is 10.0 Å². The Hall–Kier alpha value is -1.35. The second kappa shape index (κ2) is 8.05. The summed E-state index contributed by atoms with van der Waals surface area (Å²) < 4.78 is 35.6. The molecule has 0 fully saturated rings. The van der Waals surface area contributed by atoms with Gasteiger partial charge in [-0.1, -0.05) is 0 Å². The van der Waals surface area contributed by atoms with Gasteiger partial charge in [0.25, 0.3) is 0 Å². The van der Waals surface area contributed by atoms with E-state index in [0.717, 1.165) is 0 Å². The van der Waals surface area contributed by atoms with Gasteiger partial charge in [-0.3, -0.25) is 0 Å². The number of rotatable bonds is 9. The Morgan fingerprint density at radius 1 is 1.25 bits per heavy atom. The van der Waals surface area contributed by atoms with E-state index in [9.17, 15) is 8.42 Å². The fraction of sp³-hybridized carbons (Fsp3) is 0.500.